The van der Waals surface area contributed by atoms with Crippen molar-refractivity contribution in [2.45, 2.75) is 82.4 Å². The number of alkyl halides is 1. The molecule has 0 bridgehead atoms. The fraction of sp³-hybridized carbons (Fsp3) is 0.700. The molecule has 0 heterocycles. The Labute approximate surface area is 136 Å². The second kappa shape index (κ2) is 9.51. The molecule has 0 nitrogen and oxygen atoms in total. The highest BCUT2D eigenvalue weighted by atomic mass is 35.5. The quantitative estimate of drug-likeness (QED) is 0.361. The molecular formula is C20H31Cl. The molecule has 0 amide bonds. The van der Waals surface area contributed by atoms with Gasteiger partial charge in [0.25, 0.3) is 0 Å². The second-order valence-electron chi connectivity index (χ2n) is 6.75. The Morgan fingerprint density at radius 2 is 1.67 bits per heavy atom. The molecule has 1 aromatic carbocycles. The smallest absolute Gasteiger partial charge is 0.0364 e. The minimum Gasteiger partial charge on any atom is -0.123 e. The molecule has 1 heteroatoms. The summed E-state index contributed by atoms with van der Waals surface area (Å²) in [6.07, 6.45) is 13.4. The van der Waals surface area contributed by atoms with E-state index in [4.69, 9.17) is 11.6 Å². The van der Waals surface area contributed by atoms with Crippen LogP contribution in [0.2, 0.25) is 0 Å². The molecule has 2 rings (SSSR count). The van der Waals surface area contributed by atoms with Gasteiger partial charge in [-0.15, -0.1) is 11.6 Å². The zero-order valence-electron chi connectivity index (χ0n) is 13.6. The molecule has 1 aliphatic rings. The Balaban J connectivity index is 1.74. The largest absolute Gasteiger partial charge is 0.123 e. The minimum absolute atomic E-state index is 0.417. The van der Waals surface area contributed by atoms with E-state index in [-0.39, 0.29) is 0 Å². The van der Waals surface area contributed by atoms with Crippen LogP contribution in [-0.4, -0.2) is 5.38 Å². The van der Waals surface area contributed by atoms with Gasteiger partial charge in [0, 0.05) is 5.38 Å². The third-order valence-corrected chi connectivity index (χ3v) is 5.66. The fourth-order valence-corrected chi connectivity index (χ4v) is 4.10. The molecule has 0 saturated heterocycles. The van der Waals surface area contributed by atoms with Crippen LogP contribution in [-0.2, 0) is 0 Å². The van der Waals surface area contributed by atoms with Crippen molar-refractivity contribution < 1.29 is 0 Å². The average molecular weight is 307 g/mol. The van der Waals surface area contributed by atoms with E-state index in [0.29, 0.717) is 5.38 Å². The first-order valence-corrected chi connectivity index (χ1v) is 9.44. The fourth-order valence-electron chi connectivity index (χ4n) is 3.74. The van der Waals surface area contributed by atoms with Crippen LogP contribution in [0, 0.1) is 5.92 Å². The molecule has 0 N–H and O–H groups in total. The van der Waals surface area contributed by atoms with Crippen LogP contribution in [0.4, 0.5) is 0 Å². The summed E-state index contributed by atoms with van der Waals surface area (Å²) in [4.78, 5) is 0. The number of hydrogen-bond donors (Lipinski definition) is 0. The van der Waals surface area contributed by atoms with E-state index >= 15 is 0 Å². The summed E-state index contributed by atoms with van der Waals surface area (Å²) in [7, 11) is 0. The Bertz CT molecular complexity index is 373. The topological polar surface area (TPSA) is 0 Å². The lowest BCUT2D eigenvalue weighted by Gasteiger charge is -2.33. The normalized spacial score (nSPS) is 25.9. The number of unbranched alkanes of at least 4 members (excludes halogenated alkanes) is 5. The lowest BCUT2D eigenvalue weighted by atomic mass is 9.76. The van der Waals surface area contributed by atoms with Gasteiger partial charge >= 0.3 is 0 Å². The summed E-state index contributed by atoms with van der Waals surface area (Å²) >= 11 is 6.60. The highest BCUT2D eigenvalue weighted by Gasteiger charge is 2.29. The van der Waals surface area contributed by atoms with Crippen LogP contribution in [0.25, 0.3) is 0 Å². The highest BCUT2D eigenvalue weighted by Crippen LogP contribution is 2.40. The third kappa shape index (κ3) is 5.66. The van der Waals surface area contributed by atoms with Crippen molar-refractivity contribution in [3.8, 4) is 0 Å². The predicted octanol–water partition coefficient (Wildman–Crippen LogP) is 6.93. The van der Waals surface area contributed by atoms with Crippen LogP contribution >= 0.6 is 11.6 Å². The van der Waals surface area contributed by atoms with Crippen LogP contribution in [0.5, 0.6) is 0 Å². The van der Waals surface area contributed by atoms with E-state index in [1.165, 1.54) is 69.8 Å². The molecular weight excluding hydrogens is 276 g/mol. The van der Waals surface area contributed by atoms with Crippen LogP contribution in [0.15, 0.2) is 30.3 Å². The van der Waals surface area contributed by atoms with E-state index in [0.717, 1.165) is 11.8 Å². The second-order valence-corrected chi connectivity index (χ2v) is 7.31. The molecule has 0 spiro atoms. The zero-order chi connectivity index (χ0) is 14.9. The Morgan fingerprint density at radius 3 is 2.43 bits per heavy atom. The first-order valence-electron chi connectivity index (χ1n) is 9.00. The molecule has 0 aromatic heterocycles. The molecule has 21 heavy (non-hydrogen) atoms. The van der Waals surface area contributed by atoms with Gasteiger partial charge in [-0.3, -0.25) is 0 Å². The molecule has 1 fully saturated rings. The summed E-state index contributed by atoms with van der Waals surface area (Å²) in [5.74, 6) is 1.48. The van der Waals surface area contributed by atoms with Crippen molar-refractivity contribution in [2.24, 2.45) is 5.92 Å². The maximum Gasteiger partial charge on any atom is 0.0364 e. The van der Waals surface area contributed by atoms with Gasteiger partial charge in [0.2, 0.25) is 0 Å². The molecule has 3 atom stereocenters. The van der Waals surface area contributed by atoms with Crippen molar-refractivity contribution in [3.63, 3.8) is 0 Å². The molecule has 1 aliphatic carbocycles. The van der Waals surface area contributed by atoms with Gasteiger partial charge in [0.1, 0.15) is 0 Å². The van der Waals surface area contributed by atoms with Crippen molar-refractivity contribution >= 4 is 11.6 Å². The minimum atomic E-state index is 0.417. The number of benzene rings is 1. The van der Waals surface area contributed by atoms with Gasteiger partial charge in [-0.25, -0.2) is 0 Å². The Kier molecular flexibility index (Phi) is 7.64. The first-order chi connectivity index (χ1) is 10.3. The maximum absolute atomic E-state index is 6.60. The molecule has 1 aromatic rings. The zero-order valence-corrected chi connectivity index (χ0v) is 14.3. The van der Waals surface area contributed by atoms with Crippen LogP contribution in [0.1, 0.15) is 82.6 Å². The van der Waals surface area contributed by atoms with Gasteiger partial charge in [0.15, 0.2) is 0 Å². The lowest BCUT2D eigenvalue weighted by molar-refractivity contribution is 0.303. The average Bonchev–Trinajstić information content (AvgIpc) is 2.53. The summed E-state index contributed by atoms with van der Waals surface area (Å²) in [5.41, 5.74) is 1.52. The van der Waals surface area contributed by atoms with Crippen molar-refractivity contribution in [3.05, 3.63) is 35.9 Å². The van der Waals surface area contributed by atoms with Gasteiger partial charge < -0.3 is 0 Å². The van der Waals surface area contributed by atoms with Crippen molar-refractivity contribution in [2.75, 3.05) is 0 Å². The van der Waals surface area contributed by atoms with Crippen molar-refractivity contribution in [1.82, 2.24) is 0 Å². The lowest BCUT2D eigenvalue weighted by Crippen LogP contribution is -2.24. The van der Waals surface area contributed by atoms with Gasteiger partial charge in [-0.1, -0.05) is 75.8 Å². The monoisotopic (exact) mass is 306 g/mol. The molecule has 1 saturated carbocycles. The summed E-state index contributed by atoms with van der Waals surface area (Å²) in [5, 5.41) is 0.417. The SMILES string of the molecule is CCCCCCCCC1CC(c2ccccc2)CCC1Cl. The summed E-state index contributed by atoms with van der Waals surface area (Å²) < 4.78 is 0. The molecule has 3 unspecified atom stereocenters. The molecule has 0 aliphatic heterocycles. The highest BCUT2D eigenvalue weighted by molar-refractivity contribution is 6.20. The Morgan fingerprint density at radius 1 is 0.952 bits per heavy atom. The summed E-state index contributed by atoms with van der Waals surface area (Å²) in [6.45, 7) is 2.28. The standard InChI is InChI=1S/C20H31Cl/c1-2-3-4-5-6-8-13-19-16-18(14-15-20(19)21)17-11-9-7-10-12-17/h7,9-12,18-20H,2-6,8,13-16H2,1H3. The van der Waals surface area contributed by atoms with E-state index < -0.39 is 0 Å². The molecule has 118 valence electrons. The maximum atomic E-state index is 6.60. The first kappa shape index (κ1) is 16.9. The number of hydrogen-bond acceptors (Lipinski definition) is 0. The van der Waals surface area contributed by atoms with Gasteiger partial charge in [-0.05, 0) is 43.1 Å². The molecule has 0 radical (unpaired) electrons. The third-order valence-electron chi connectivity index (χ3n) is 5.09. The van der Waals surface area contributed by atoms with Gasteiger partial charge in [0.05, 0.1) is 0 Å². The summed E-state index contributed by atoms with van der Waals surface area (Å²) in [6, 6.07) is 11.0. The van der Waals surface area contributed by atoms with Crippen molar-refractivity contribution in [1.29, 1.82) is 0 Å². The van der Waals surface area contributed by atoms with Crippen LogP contribution < -0.4 is 0 Å². The van der Waals surface area contributed by atoms with E-state index in [1.807, 2.05) is 0 Å². The van der Waals surface area contributed by atoms with E-state index in [9.17, 15) is 0 Å². The number of rotatable bonds is 8. The van der Waals surface area contributed by atoms with E-state index in [2.05, 4.69) is 37.3 Å². The van der Waals surface area contributed by atoms with E-state index in [1.54, 1.807) is 0 Å². The number of halogens is 1. The van der Waals surface area contributed by atoms with Gasteiger partial charge in [-0.2, -0.15) is 0 Å². The Hall–Kier alpha value is -0.490. The van der Waals surface area contributed by atoms with Crippen LogP contribution in [0.3, 0.4) is 0 Å². The predicted molar refractivity (Wildman–Crippen MR) is 94.2 cm³/mol.